The zero-order valence-electron chi connectivity index (χ0n) is 11.6. The molecule has 1 aromatic carbocycles. The molecule has 0 spiro atoms. The monoisotopic (exact) mass is 273 g/mol. The molecule has 1 N–H and O–H groups in total. The molecule has 0 bridgehead atoms. The molecule has 0 fully saturated rings. The van der Waals surface area contributed by atoms with Crippen LogP contribution in [0.1, 0.15) is 25.0 Å². The van der Waals surface area contributed by atoms with Crippen molar-refractivity contribution in [1.82, 2.24) is 9.97 Å². The van der Waals surface area contributed by atoms with E-state index in [1.807, 2.05) is 0 Å². The summed E-state index contributed by atoms with van der Waals surface area (Å²) in [5.74, 6) is 0.954. The summed E-state index contributed by atoms with van der Waals surface area (Å²) in [4.78, 5) is 9.97. The molecule has 3 nitrogen and oxygen atoms in total. The second kappa shape index (κ2) is 6.57. The maximum atomic E-state index is 4.43. The third kappa shape index (κ3) is 3.47. The first-order valence-electron chi connectivity index (χ1n) is 6.56. The van der Waals surface area contributed by atoms with E-state index in [0.29, 0.717) is 0 Å². The Morgan fingerprint density at radius 2 is 2.05 bits per heavy atom. The molecule has 0 atom stereocenters. The number of nitrogens with one attached hydrogen (secondary N) is 1. The van der Waals surface area contributed by atoms with Gasteiger partial charge >= 0.3 is 0 Å². The molecule has 4 heteroatoms. The third-order valence-corrected chi connectivity index (χ3v) is 3.84. The Hall–Kier alpha value is -1.55. The van der Waals surface area contributed by atoms with Gasteiger partial charge < -0.3 is 5.32 Å². The van der Waals surface area contributed by atoms with E-state index in [2.05, 4.69) is 60.3 Å². The van der Waals surface area contributed by atoms with E-state index in [1.54, 1.807) is 18.1 Å². The van der Waals surface area contributed by atoms with Gasteiger partial charge in [-0.1, -0.05) is 36.4 Å². The SMILES string of the molecule is CCNc1ncnc(Sc2cccc(C)c2)c1CC. The van der Waals surface area contributed by atoms with Crippen molar-refractivity contribution in [3.8, 4) is 0 Å². The molecule has 0 saturated heterocycles. The molecule has 1 aromatic heterocycles. The lowest BCUT2D eigenvalue weighted by molar-refractivity contribution is 0.937. The molecule has 0 aliphatic rings. The highest BCUT2D eigenvalue weighted by molar-refractivity contribution is 7.99. The van der Waals surface area contributed by atoms with Crippen LogP contribution in [0.25, 0.3) is 0 Å². The van der Waals surface area contributed by atoms with E-state index in [4.69, 9.17) is 0 Å². The maximum absolute atomic E-state index is 4.43. The van der Waals surface area contributed by atoms with Crippen LogP contribution in [-0.2, 0) is 6.42 Å². The van der Waals surface area contributed by atoms with Crippen molar-refractivity contribution < 1.29 is 0 Å². The van der Waals surface area contributed by atoms with Crippen LogP contribution in [0.4, 0.5) is 5.82 Å². The highest BCUT2D eigenvalue weighted by Crippen LogP contribution is 2.31. The van der Waals surface area contributed by atoms with Gasteiger partial charge in [-0.3, -0.25) is 0 Å². The quantitative estimate of drug-likeness (QED) is 0.838. The average Bonchev–Trinajstić information content (AvgIpc) is 2.39. The number of rotatable bonds is 5. The minimum Gasteiger partial charge on any atom is -0.370 e. The minimum absolute atomic E-state index is 0.874. The van der Waals surface area contributed by atoms with Gasteiger partial charge in [0.2, 0.25) is 0 Å². The molecule has 1 heterocycles. The Bertz CT molecular complexity index is 555. The van der Waals surface area contributed by atoms with Crippen LogP contribution in [-0.4, -0.2) is 16.5 Å². The first kappa shape index (κ1) is 13.9. The number of hydrogen-bond donors (Lipinski definition) is 1. The van der Waals surface area contributed by atoms with Crippen LogP contribution >= 0.6 is 11.8 Å². The lowest BCUT2D eigenvalue weighted by atomic mass is 10.2. The predicted octanol–water partition coefficient (Wildman–Crippen LogP) is 3.93. The van der Waals surface area contributed by atoms with Crippen molar-refractivity contribution in [2.75, 3.05) is 11.9 Å². The van der Waals surface area contributed by atoms with Gasteiger partial charge in [-0.15, -0.1) is 0 Å². The Morgan fingerprint density at radius 3 is 2.74 bits per heavy atom. The van der Waals surface area contributed by atoms with Crippen LogP contribution in [0.15, 0.2) is 40.5 Å². The second-order valence-corrected chi connectivity index (χ2v) is 5.37. The van der Waals surface area contributed by atoms with E-state index >= 15 is 0 Å². The van der Waals surface area contributed by atoms with Crippen LogP contribution in [0.5, 0.6) is 0 Å². The lowest BCUT2D eigenvalue weighted by Crippen LogP contribution is -2.05. The summed E-state index contributed by atoms with van der Waals surface area (Å²) in [5, 5.41) is 4.34. The van der Waals surface area contributed by atoms with Crippen LogP contribution < -0.4 is 5.32 Å². The first-order chi connectivity index (χ1) is 9.24. The Kier molecular flexibility index (Phi) is 4.80. The van der Waals surface area contributed by atoms with Crippen molar-refractivity contribution in [2.24, 2.45) is 0 Å². The average molecular weight is 273 g/mol. The summed E-state index contributed by atoms with van der Waals surface area (Å²) >= 11 is 1.70. The van der Waals surface area contributed by atoms with Crippen LogP contribution in [0.2, 0.25) is 0 Å². The molecule has 0 unspecified atom stereocenters. The smallest absolute Gasteiger partial charge is 0.133 e. The molecular weight excluding hydrogens is 254 g/mol. The van der Waals surface area contributed by atoms with E-state index in [-0.39, 0.29) is 0 Å². The van der Waals surface area contributed by atoms with Crippen molar-refractivity contribution in [3.63, 3.8) is 0 Å². The Labute approximate surface area is 118 Å². The number of benzene rings is 1. The highest BCUT2D eigenvalue weighted by atomic mass is 32.2. The highest BCUT2D eigenvalue weighted by Gasteiger charge is 2.10. The van der Waals surface area contributed by atoms with Gasteiger partial charge in [-0.25, -0.2) is 9.97 Å². The zero-order valence-corrected chi connectivity index (χ0v) is 12.4. The minimum atomic E-state index is 0.874. The van der Waals surface area contributed by atoms with Gasteiger partial charge in [0.1, 0.15) is 17.2 Å². The number of nitrogens with zero attached hydrogens (tertiary/aromatic N) is 2. The van der Waals surface area contributed by atoms with Crippen molar-refractivity contribution in [1.29, 1.82) is 0 Å². The number of aromatic nitrogens is 2. The van der Waals surface area contributed by atoms with Gasteiger partial charge in [0.25, 0.3) is 0 Å². The van der Waals surface area contributed by atoms with E-state index in [1.165, 1.54) is 16.0 Å². The van der Waals surface area contributed by atoms with Gasteiger partial charge in [0.05, 0.1) is 0 Å². The van der Waals surface area contributed by atoms with Gasteiger partial charge in [-0.2, -0.15) is 0 Å². The third-order valence-electron chi connectivity index (χ3n) is 2.81. The van der Waals surface area contributed by atoms with Crippen molar-refractivity contribution in [3.05, 3.63) is 41.7 Å². The molecule has 0 aliphatic carbocycles. The lowest BCUT2D eigenvalue weighted by Gasteiger charge is -2.11. The van der Waals surface area contributed by atoms with Crippen LogP contribution in [0, 0.1) is 6.92 Å². The molecule has 100 valence electrons. The summed E-state index contributed by atoms with van der Waals surface area (Å²) in [6.45, 7) is 7.20. The zero-order chi connectivity index (χ0) is 13.7. The number of anilines is 1. The molecule has 0 saturated carbocycles. The second-order valence-electron chi connectivity index (χ2n) is 4.31. The topological polar surface area (TPSA) is 37.8 Å². The largest absolute Gasteiger partial charge is 0.370 e. The fourth-order valence-electron chi connectivity index (χ4n) is 1.91. The summed E-state index contributed by atoms with van der Waals surface area (Å²) in [7, 11) is 0. The molecule has 2 aromatic rings. The molecule has 19 heavy (non-hydrogen) atoms. The van der Waals surface area contributed by atoms with E-state index in [0.717, 1.165) is 23.8 Å². The molecule has 0 amide bonds. The summed E-state index contributed by atoms with van der Waals surface area (Å²) in [6.07, 6.45) is 2.56. The van der Waals surface area contributed by atoms with Crippen molar-refractivity contribution >= 4 is 17.6 Å². The Balaban J connectivity index is 2.31. The normalized spacial score (nSPS) is 10.5. The summed E-state index contributed by atoms with van der Waals surface area (Å²) < 4.78 is 0. The summed E-state index contributed by atoms with van der Waals surface area (Å²) in [6, 6.07) is 8.48. The van der Waals surface area contributed by atoms with Gasteiger partial charge in [0, 0.05) is 17.0 Å². The van der Waals surface area contributed by atoms with Gasteiger partial charge in [0.15, 0.2) is 0 Å². The standard InChI is InChI=1S/C15H19N3S/c1-4-13-14(16-5-2)17-10-18-15(13)19-12-8-6-7-11(3)9-12/h6-10H,4-5H2,1-3H3,(H,16,17,18). The fraction of sp³-hybridized carbons (Fsp3) is 0.333. The van der Waals surface area contributed by atoms with Crippen LogP contribution in [0.3, 0.4) is 0 Å². The molecular formula is C15H19N3S. The molecule has 2 rings (SSSR count). The summed E-state index contributed by atoms with van der Waals surface area (Å²) in [5.41, 5.74) is 2.46. The van der Waals surface area contributed by atoms with E-state index < -0.39 is 0 Å². The first-order valence-corrected chi connectivity index (χ1v) is 7.38. The Morgan fingerprint density at radius 1 is 1.21 bits per heavy atom. The van der Waals surface area contributed by atoms with Gasteiger partial charge in [-0.05, 0) is 32.4 Å². The molecule has 0 radical (unpaired) electrons. The number of hydrogen-bond acceptors (Lipinski definition) is 4. The maximum Gasteiger partial charge on any atom is 0.133 e. The van der Waals surface area contributed by atoms with E-state index in [9.17, 15) is 0 Å². The number of aryl methyl sites for hydroxylation is 1. The fourth-order valence-corrected chi connectivity index (χ4v) is 2.99. The van der Waals surface area contributed by atoms with Crippen molar-refractivity contribution in [2.45, 2.75) is 37.1 Å². The molecule has 0 aliphatic heterocycles. The predicted molar refractivity (Wildman–Crippen MR) is 80.9 cm³/mol.